The predicted octanol–water partition coefficient (Wildman–Crippen LogP) is 0.647. The van der Waals surface area contributed by atoms with E-state index in [1.54, 1.807) is 0 Å². The molecule has 1 fully saturated rings. The highest BCUT2D eigenvalue weighted by molar-refractivity contribution is 9.10. The van der Waals surface area contributed by atoms with Gasteiger partial charge in [-0.1, -0.05) is 0 Å². The molecule has 0 aliphatic carbocycles. The molecule has 0 spiro atoms. The molecule has 1 aliphatic rings. The Labute approximate surface area is 94.5 Å². The third-order valence-corrected chi connectivity index (χ3v) is 2.61. The lowest BCUT2D eigenvalue weighted by atomic mass is 10.3. The van der Waals surface area contributed by atoms with Crippen molar-refractivity contribution in [3.8, 4) is 5.75 Å². The molecule has 2 N–H and O–H groups in total. The summed E-state index contributed by atoms with van der Waals surface area (Å²) < 4.78 is 0.635. The molecule has 0 radical (unpaired) electrons. The number of hydrogen-bond acceptors (Lipinski definition) is 4. The molecular formula is C9H9BrN2O3. The minimum atomic E-state index is -0.678. The van der Waals surface area contributed by atoms with E-state index in [0.717, 1.165) is 0 Å². The number of carbonyl (C=O) groups excluding carboxylic acids is 1. The van der Waals surface area contributed by atoms with Gasteiger partial charge >= 0.3 is 0 Å². The van der Waals surface area contributed by atoms with Gasteiger partial charge in [0.2, 0.25) is 5.91 Å². The number of amides is 1. The van der Waals surface area contributed by atoms with Gasteiger partial charge in [-0.05, 0) is 22.0 Å². The summed E-state index contributed by atoms with van der Waals surface area (Å²) in [6, 6.07) is 1.46. The average Bonchev–Trinajstić information content (AvgIpc) is 2.45. The van der Waals surface area contributed by atoms with Gasteiger partial charge in [0.15, 0.2) is 11.6 Å². The second-order valence-corrected chi connectivity index (χ2v) is 4.27. The third-order valence-electron chi connectivity index (χ3n) is 2.17. The average molecular weight is 273 g/mol. The fourth-order valence-electron chi connectivity index (χ4n) is 1.52. The van der Waals surface area contributed by atoms with Crippen molar-refractivity contribution in [1.29, 1.82) is 0 Å². The van der Waals surface area contributed by atoms with Crippen LogP contribution in [0.3, 0.4) is 0 Å². The summed E-state index contributed by atoms with van der Waals surface area (Å²) in [7, 11) is 0. The van der Waals surface area contributed by atoms with E-state index >= 15 is 0 Å². The summed E-state index contributed by atoms with van der Waals surface area (Å²) in [5, 5.41) is 18.9. The molecule has 1 amide bonds. The van der Waals surface area contributed by atoms with Gasteiger partial charge in [0.05, 0.1) is 19.1 Å². The standard InChI is InChI=1S/C9H9BrN2O3/c10-5-1-7(14)9(11-3-5)12-4-6(13)2-8(12)15/h1,3,6,13-14H,2,4H2. The number of aliphatic hydroxyl groups is 1. The maximum atomic E-state index is 11.4. The number of carbonyl (C=O) groups is 1. The molecular weight excluding hydrogens is 264 g/mol. The van der Waals surface area contributed by atoms with Crippen molar-refractivity contribution in [3.05, 3.63) is 16.7 Å². The van der Waals surface area contributed by atoms with Crippen LogP contribution in [-0.2, 0) is 4.79 Å². The molecule has 6 heteroatoms. The van der Waals surface area contributed by atoms with Crippen LogP contribution < -0.4 is 4.90 Å². The topological polar surface area (TPSA) is 73.7 Å². The summed E-state index contributed by atoms with van der Waals surface area (Å²) >= 11 is 3.16. The Hall–Kier alpha value is -1.14. The Morgan fingerprint density at radius 3 is 2.87 bits per heavy atom. The van der Waals surface area contributed by atoms with E-state index < -0.39 is 6.10 Å². The lowest BCUT2D eigenvalue weighted by Gasteiger charge is -2.15. The number of aliphatic hydroxyl groups excluding tert-OH is 1. The van der Waals surface area contributed by atoms with E-state index in [1.807, 2.05) is 0 Å². The Morgan fingerprint density at radius 1 is 1.60 bits per heavy atom. The highest BCUT2D eigenvalue weighted by atomic mass is 79.9. The number of hydrogen-bond donors (Lipinski definition) is 2. The highest BCUT2D eigenvalue weighted by Gasteiger charge is 2.31. The zero-order valence-electron chi connectivity index (χ0n) is 7.72. The smallest absolute Gasteiger partial charge is 0.231 e. The Morgan fingerprint density at radius 2 is 2.33 bits per heavy atom. The van der Waals surface area contributed by atoms with Crippen molar-refractivity contribution in [2.45, 2.75) is 12.5 Å². The van der Waals surface area contributed by atoms with Crippen LogP contribution in [0.25, 0.3) is 0 Å². The van der Waals surface area contributed by atoms with E-state index in [4.69, 9.17) is 0 Å². The minimum absolute atomic E-state index is 0.0770. The third kappa shape index (κ3) is 1.95. The first-order chi connectivity index (χ1) is 7.08. The van der Waals surface area contributed by atoms with Crippen molar-refractivity contribution in [2.24, 2.45) is 0 Å². The number of halogens is 1. The molecule has 5 nitrogen and oxygen atoms in total. The molecule has 80 valence electrons. The summed E-state index contributed by atoms with van der Waals surface area (Å²) in [4.78, 5) is 16.7. The van der Waals surface area contributed by atoms with Crippen molar-refractivity contribution < 1.29 is 15.0 Å². The fraction of sp³-hybridized carbons (Fsp3) is 0.333. The van der Waals surface area contributed by atoms with E-state index in [-0.39, 0.29) is 30.4 Å². The number of rotatable bonds is 1. The minimum Gasteiger partial charge on any atom is -0.504 e. The van der Waals surface area contributed by atoms with Gasteiger partial charge in [-0.2, -0.15) is 0 Å². The maximum absolute atomic E-state index is 11.4. The molecule has 2 rings (SSSR count). The number of β-amino-alcohol motifs (C(OH)–C–C–N with tert-alkyl or cyclic N) is 1. The van der Waals surface area contributed by atoms with Gasteiger partial charge < -0.3 is 10.2 Å². The van der Waals surface area contributed by atoms with E-state index in [1.165, 1.54) is 17.2 Å². The number of anilines is 1. The predicted molar refractivity (Wildman–Crippen MR) is 56.6 cm³/mol. The van der Waals surface area contributed by atoms with Crippen molar-refractivity contribution in [3.63, 3.8) is 0 Å². The molecule has 1 aromatic heterocycles. The fourth-order valence-corrected chi connectivity index (χ4v) is 1.84. The van der Waals surface area contributed by atoms with Crippen LogP contribution in [0.4, 0.5) is 5.82 Å². The van der Waals surface area contributed by atoms with Gasteiger partial charge in [-0.15, -0.1) is 0 Å². The molecule has 0 aromatic carbocycles. The summed E-state index contributed by atoms with van der Waals surface area (Å²) in [5.41, 5.74) is 0. The van der Waals surface area contributed by atoms with Crippen LogP contribution in [0.15, 0.2) is 16.7 Å². The highest BCUT2D eigenvalue weighted by Crippen LogP contribution is 2.30. The molecule has 1 unspecified atom stereocenters. The number of pyridine rings is 1. The van der Waals surface area contributed by atoms with Crippen LogP contribution >= 0.6 is 15.9 Å². The van der Waals surface area contributed by atoms with Gasteiger partial charge in [0, 0.05) is 10.7 Å². The summed E-state index contributed by atoms with van der Waals surface area (Å²) in [6.07, 6.45) is 0.895. The van der Waals surface area contributed by atoms with Crippen molar-refractivity contribution >= 4 is 27.7 Å². The molecule has 1 saturated heterocycles. The van der Waals surface area contributed by atoms with Crippen LogP contribution in [0.5, 0.6) is 5.75 Å². The van der Waals surface area contributed by atoms with Crippen LogP contribution in [-0.4, -0.2) is 33.8 Å². The molecule has 15 heavy (non-hydrogen) atoms. The van der Waals surface area contributed by atoms with Crippen molar-refractivity contribution in [1.82, 2.24) is 4.98 Å². The van der Waals surface area contributed by atoms with Gasteiger partial charge in [-0.25, -0.2) is 4.98 Å². The molecule has 0 saturated carbocycles. The van der Waals surface area contributed by atoms with Crippen molar-refractivity contribution in [2.75, 3.05) is 11.4 Å². The number of aromatic hydroxyl groups is 1. The van der Waals surface area contributed by atoms with Crippen LogP contribution in [0.1, 0.15) is 6.42 Å². The first kappa shape index (κ1) is 10.4. The number of aromatic nitrogens is 1. The van der Waals surface area contributed by atoms with Crippen LogP contribution in [0, 0.1) is 0 Å². The van der Waals surface area contributed by atoms with E-state index in [2.05, 4.69) is 20.9 Å². The largest absolute Gasteiger partial charge is 0.504 e. The van der Waals surface area contributed by atoms with E-state index in [0.29, 0.717) is 4.47 Å². The number of nitrogens with zero attached hydrogens (tertiary/aromatic N) is 2. The molecule has 1 atom stereocenters. The van der Waals surface area contributed by atoms with E-state index in [9.17, 15) is 15.0 Å². The quantitative estimate of drug-likeness (QED) is 0.787. The maximum Gasteiger partial charge on any atom is 0.231 e. The SMILES string of the molecule is O=C1CC(O)CN1c1ncc(Br)cc1O. The first-order valence-electron chi connectivity index (χ1n) is 4.41. The van der Waals surface area contributed by atoms with Gasteiger partial charge in [0.25, 0.3) is 0 Å². The summed E-state index contributed by atoms with van der Waals surface area (Å²) in [6.45, 7) is 0.182. The first-order valence-corrected chi connectivity index (χ1v) is 5.20. The van der Waals surface area contributed by atoms with Gasteiger partial charge in [0.1, 0.15) is 0 Å². The Balaban J connectivity index is 2.34. The Bertz CT molecular complexity index is 410. The monoisotopic (exact) mass is 272 g/mol. The second-order valence-electron chi connectivity index (χ2n) is 3.36. The molecule has 2 heterocycles. The van der Waals surface area contributed by atoms with Crippen LogP contribution in [0.2, 0.25) is 0 Å². The lowest BCUT2D eigenvalue weighted by molar-refractivity contribution is -0.117. The second kappa shape index (κ2) is 3.79. The Kier molecular flexibility index (Phi) is 2.62. The van der Waals surface area contributed by atoms with Gasteiger partial charge in [-0.3, -0.25) is 9.69 Å². The summed E-state index contributed by atoms with van der Waals surface area (Å²) in [5.74, 6) is -0.112. The molecule has 1 aliphatic heterocycles. The normalized spacial score (nSPS) is 21.1. The molecule has 1 aromatic rings. The molecule has 0 bridgehead atoms. The zero-order chi connectivity index (χ0) is 11.0. The zero-order valence-corrected chi connectivity index (χ0v) is 9.31. The lowest BCUT2D eigenvalue weighted by Crippen LogP contribution is -2.26.